The average molecular weight is 565 g/mol. The van der Waals surface area contributed by atoms with Crippen molar-refractivity contribution in [3.63, 3.8) is 0 Å². The van der Waals surface area contributed by atoms with Crippen LogP contribution in [0, 0.1) is 13.7 Å². The van der Waals surface area contributed by atoms with E-state index >= 15 is 0 Å². The molecule has 0 fully saturated rings. The number of nitrogens with zero attached hydrogens (tertiary/aromatic N) is 2. The van der Waals surface area contributed by atoms with Gasteiger partial charge in [-0.1, -0.05) is 91.0 Å². The number of benzene rings is 5. The van der Waals surface area contributed by atoms with Gasteiger partial charge in [0.2, 0.25) is 5.89 Å². The van der Waals surface area contributed by atoms with E-state index in [1.165, 1.54) is 6.20 Å². The molecule has 0 bridgehead atoms. The van der Waals surface area contributed by atoms with Crippen molar-refractivity contribution in [2.24, 2.45) is 0 Å². The first-order valence-corrected chi connectivity index (χ1v) is 13.9. The first-order chi connectivity index (χ1) is 23.5. The molecule has 0 unspecified atom stereocenters. The summed E-state index contributed by atoms with van der Waals surface area (Å²) in [5.41, 5.74) is 6.71. The summed E-state index contributed by atoms with van der Waals surface area (Å²) >= 11 is 0. The molecule has 4 nitrogen and oxygen atoms in total. The number of fused-ring (bicyclic) bond motifs is 1. The lowest BCUT2D eigenvalue weighted by atomic mass is 9.95. The highest BCUT2D eigenvalue weighted by Gasteiger charge is 2.18. The highest BCUT2D eigenvalue weighted by atomic mass is 16.3. The minimum atomic E-state index is -2.44. The number of aromatic nitrogens is 2. The predicted molar refractivity (Wildman–Crippen MR) is 174 cm³/mol. The molecule has 4 heteroatoms. The third-order valence-corrected chi connectivity index (χ3v) is 7.53. The van der Waals surface area contributed by atoms with Gasteiger partial charge in [-0.05, 0) is 83.0 Å². The van der Waals surface area contributed by atoms with Gasteiger partial charge in [0.05, 0.1) is 11.3 Å². The Balaban J connectivity index is 1.35. The Kier molecular flexibility index (Phi) is 5.25. The lowest BCUT2D eigenvalue weighted by Gasteiger charge is -2.11. The highest BCUT2D eigenvalue weighted by Crippen LogP contribution is 2.38. The first kappa shape index (κ1) is 20.4. The molecule has 1 N–H and O–H groups in total. The monoisotopic (exact) mass is 564 g/mol. The van der Waals surface area contributed by atoms with Crippen LogP contribution in [-0.2, 0) is 6.42 Å². The maximum absolute atomic E-state index is 11.3. The zero-order valence-corrected chi connectivity index (χ0v) is 23.1. The van der Waals surface area contributed by atoms with Crippen LogP contribution in [-0.4, -0.2) is 15.1 Å². The molecule has 208 valence electrons. The number of aryl methyl sites for hydroxylation is 2. The van der Waals surface area contributed by atoms with E-state index in [9.17, 15) is 5.11 Å². The van der Waals surface area contributed by atoms with Gasteiger partial charge in [0, 0.05) is 32.0 Å². The van der Waals surface area contributed by atoms with Crippen LogP contribution in [0.3, 0.4) is 0 Å². The standard InChI is InChI=1S/C39H30N2O2/c1-25-19-30(22-31(20-25)35-23-34(26(2)24-40-35)28-13-7-4-8-14-28)32-16-10-18-36-37(32)41-39(43-36)33-17-9-15-29(38(33)42)21-27-11-5-3-6-12-27/h3-20,22-24,42H,21H2,1-2H3/i1D3,2D3. The molecular weight excluding hydrogens is 528 g/mol. The van der Waals surface area contributed by atoms with Gasteiger partial charge < -0.3 is 9.52 Å². The highest BCUT2D eigenvalue weighted by molar-refractivity contribution is 5.93. The molecule has 43 heavy (non-hydrogen) atoms. The minimum absolute atomic E-state index is 0.0759. The summed E-state index contributed by atoms with van der Waals surface area (Å²) < 4.78 is 55.3. The second kappa shape index (κ2) is 11.1. The number of phenolic OH excluding ortho intramolecular Hbond substituents is 1. The van der Waals surface area contributed by atoms with Gasteiger partial charge in [0.15, 0.2) is 5.58 Å². The van der Waals surface area contributed by atoms with E-state index in [-0.39, 0.29) is 22.8 Å². The molecular formula is C39H30N2O2. The molecule has 0 radical (unpaired) electrons. The Labute approximate surface area is 259 Å². The smallest absolute Gasteiger partial charge is 0.231 e. The van der Waals surface area contributed by atoms with E-state index < -0.39 is 13.7 Å². The molecule has 0 atom stereocenters. The molecule has 0 amide bonds. The van der Waals surface area contributed by atoms with Crippen LogP contribution in [0.15, 0.2) is 132 Å². The molecule has 2 heterocycles. The molecule has 0 saturated carbocycles. The Morgan fingerprint density at radius 2 is 1.47 bits per heavy atom. The van der Waals surface area contributed by atoms with E-state index in [1.807, 2.05) is 84.9 Å². The van der Waals surface area contributed by atoms with E-state index in [1.54, 1.807) is 36.4 Å². The molecule has 7 rings (SSSR count). The number of aromatic hydroxyl groups is 1. The Morgan fingerprint density at radius 1 is 0.698 bits per heavy atom. The fraction of sp³-hybridized carbons (Fsp3) is 0.0769. The maximum Gasteiger partial charge on any atom is 0.231 e. The lowest BCUT2D eigenvalue weighted by Crippen LogP contribution is -1.92. The number of hydrogen-bond acceptors (Lipinski definition) is 4. The van der Waals surface area contributed by atoms with Crippen LogP contribution in [0.5, 0.6) is 5.75 Å². The number of rotatable bonds is 6. The van der Waals surface area contributed by atoms with Crippen LogP contribution in [0.2, 0.25) is 0 Å². The van der Waals surface area contributed by atoms with Crippen molar-refractivity contribution < 1.29 is 17.7 Å². The van der Waals surface area contributed by atoms with Gasteiger partial charge in [-0.15, -0.1) is 0 Å². The Morgan fingerprint density at radius 3 is 2.28 bits per heavy atom. The van der Waals surface area contributed by atoms with Crippen molar-refractivity contribution in [1.82, 2.24) is 9.97 Å². The van der Waals surface area contributed by atoms with Gasteiger partial charge in [0.25, 0.3) is 0 Å². The fourth-order valence-corrected chi connectivity index (χ4v) is 5.42. The molecule has 0 saturated heterocycles. The Hall–Kier alpha value is -5.48. The SMILES string of the molecule is [2H]C([2H])([2H])c1cc(-c2cc(-c3ccccc3)c(C([2H])([2H])[2H])cn2)cc(-c2cccc3oc(-c4cccc(Cc5ccccc5)c4O)nc23)c1. The molecule has 0 aliphatic heterocycles. The molecule has 0 aliphatic carbocycles. The zero-order chi connectivity index (χ0) is 34.3. The molecule has 5 aromatic carbocycles. The van der Waals surface area contributed by atoms with Crippen molar-refractivity contribution in [1.29, 1.82) is 0 Å². The molecule has 2 aromatic heterocycles. The summed E-state index contributed by atoms with van der Waals surface area (Å²) in [6.45, 7) is -4.85. The minimum Gasteiger partial charge on any atom is -0.507 e. The van der Waals surface area contributed by atoms with Gasteiger partial charge in [-0.2, -0.15) is 0 Å². The van der Waals surface area contributed by atoms with E-state index in [0.29, 0.717) is 56.6 Å². The molecule has 0 spiro atoms. The van der Waals surface area contributed by atoms with Gasteiger partial charge in [-0.3, -0.25) is 4.98 Å². The summed E-state index contributed by atoms with van der Waals surface area (Å²) in [5.74, 6) is 0.309. The average Bonchev–Trinajstić information content (AvgIpc) is 3.53. The van der Waals surface area contributed by atoms with E-state index in [2.05, 4.69) is 4.98 Å². The van der Waals surface area contributed by atoms with Gasteiger partial charge in [0.1, 0.15) is 11.3 Å². The summed E-state index contributed by atoms with van der Waals surface area (Å²) in [7, 11) is 0. The number of phenols is 1. The zero-order valence-electron chi connectivity index (χ0n) is 29.1. The van der Waals surface area contributed by atoms with Gasteiger partial charge in [-0.25, -0.2) is 4.98 Å². The quantitative estimate of drug-likeness (QED) is 0.218. The third-order valence-electron chi connectivity index (χ3n) is 7.53. The molecule has 7 aromatic rings. The topological polar surface area (TPSA) is 59.2 Å². The van der Waals surface area contributed by atoms with E-state index in [4.69, 9.17) is 17.6 Å². The van der Waals surface area contributed by atoms with Crippen LogP contribution < -0.4 is 0 Å². The van der Waals surface area contributed by atoms with Crippen molar-refractivity contribution in [2.45, 2.75) is 20.1 Å². The number of pyridine rings is 1. The third kappa shape index (κ3) is 5.20. The number of para-hydroxylation sites is 2. The fourth-order valence-electron chi connectivity index (χ4n) is 5.42. The lowest BCUT2D eigenvalue weighted by molar-refractivity contribution is 0.468. The van der Waals surface area contributed by atoms with Gasteiger partial charge >= 0.3 is 0 Å². The number of hydrogen-bond donors (Lipinski definition) is 1. The van der Waals surface area contributed by atoms with Crippen molar-refractivity contribution in [3.05, 3.63) is 150 Å². The van der Waals surface area contributed by atoms with E-state index in [0.717, 1.165) is 11.1 Å². The maximum atomic E-state index is 11.3. The van der Waals surface area contributed by atoms with Crippen LogP contribution >= 0.6 is 0 Å². The predicted octanol–water partition coefficient (Wildman–Crippen LogP) is 9.80. The second-order valence-corrected chi connectivity index (χ2v) is 10.4. The second-order valence-electron chi connectivity index (χ2n) is 10.4. The summed E-state index contributed by atoms with van der Waals surface area (Å²) in [6, 6.07) is 36.6. The van der Waals surface area contributed by atoms with Crippen LogP contribution in [0.25, 0.3) is 56.1 Å². The van der Waals surface area contributed by atoms with Crippen LogP contribution in [0.4, 0.5) is 0 Å². The summed E-state index contributed by atoms with van der Waals surface area (Å²) in [5, 5.41) is 11.3. The first-order valence-electron chi connectivity index (χ1n) is 16.9. The summed E-state index contributed by atoms with van der Waals surface area (Å²) in [4.78, 5) is 9.32. The van der Waals surface area contributed by atoms with Crippen molar-refractivity contribution >= 4 is 11.1 Å². The number of oxazole rings is 1. The van der Waals surface area contributed by atoms with Crippen molar-refractivity contribution in [3.8, 4) is 50.7 Å². The van der Waals surface area contributed by atoms with Crippen LogP contribution in [0.1, 0.15) is 30.5 Å². The summed E-state index contributed by atoms with van der Waals surface area (Å²) in [6.07, 6.45) is 1.87. The normalized spacial score (nSPS) is 13.9. The van der Waals surface area contributed by atoms with Crippen molar-refractivity contribution in [2.75, 3.05) is 0 Å². The Bertz CT molecular complexity index is 2300. The largest absolute Gasteiger partial charge is 0.507 e. The molecule has 0 aliphatic rings.